The van der Waals surface area contributed by atoms with E-state index in [4.69, 9.17) is 4.42 Å². The Hall–Kier alpha value is -1.04. The molecule has 108 valence electrons. The van der Waals surface area contributed by atoms with Gasteiger partial charge in [0.25, 0.3) is 5.91 Å². The molecule has 2 heterocycles. The number of amides is 1. The molecule has 0 saturated carbocycles. The molecular weight excluding hydrogens is 344 g/mol. The Morgan fingerprint density at radius 2 is 2.25 bits per heavy atom. The fourth-order valence-electron chi connectivity index (χ4n) is 2.40. The molecule has 1 N–H and O–H groups in total. The molecule has 0 bridgehead atoms. The van der Waals surface area contributed by atoms with Crippen molar-refractivity contribution in [1.82, 2.24) is 10.2 Å². The van der Waals surface area contributed by atoms with Gasteiger partial charge in [-0.2, -0.15) is 0 Å². The number of furan rings is 1. The van der Waals surface area contributed by atoms with E-state index in [9.17, 15) is 4.79 Å². The number of carbonyl (C=O) groups is 1. The molecule has 0 radical (unpaired) electrons. The highest BCUT2D eigenvalue weighted by Gasteiger charge is 2.26. The maximum atomic E-state index is 12.5. The van der Waals surface area contributed by atoms with E-state index in [-0.39, 0.29) is 24.4 Å². The van der Waals surface area contributed by atoms with Crippen LogP contribution >= 0.6 is 28.3 Å². The van der Waals surface area contributed by atoms with Gasteiger partial charge in [-0.15, -0.1) is 12.4 Å². The number of carbonyl (C=O) groups excluding carboxylic acids is 1. The first-order chi connectivity index (χ1) is 9.15. The Labute approximate surface area is 132 Å². The van der Waals surface area contributed by atoms with Crippen LogP contribution in [-0.2, 0) is 0 Å². The van der Waals surface area contributed by atoms with Crippen molar-refractivity contribution in [2.24, 2.45) is 0 Å². The molecule has 1 fully saturated rings. The van der Waals surface area contributed by atoms with Crippen molar-refractivity contribution >= 4 is 45.2 Å². The number of rotatable bonds is 1. The summed E-state index contributed by atoms with van der Waals surface area (Å²) in [6, 6.07) is 7.75. The maximum absolute atomic E-state index is 12.5. The number of hydrogen-bond acceptors (Lipinski definition) is 3. The topological polar surface area (TPSA) is 45.5 Å². The van der Waals surface area contributed by atoms with E-state index in [0.717, 1.165) is 35.1 Å². The van der Waals surface area contributed by atoms with E-state index >= 15 is 0 Å². The molecule has 6 heteroatoms. The van der Waals surface area contributed by atoms with Gasteiger partial charge in [-0.1, -0.05) is 15.9 Å². The van der Waals surface area contributed by atoms with Crippen molar-refractivity contribution in [2.75, 3.05) is 19.6 Å². The lowest BCUT2D eigenvalue weighted by atomic mass is 10.2. The molecule has 3 rings (SSSR count). The van der Waals surface area contributed by atoms with Crippen LogP contribution in [0.15, 0.2) is 33.2 Å². The van der Waals surface area contributed by atoms with Crippen LogP contribution in [0.4, 0.5) is 0 Å². The Balaban J connectivity index is 0.00000147. The molecule has 1 aromatic carbocycles. The van der Waals surface area contributed by atoms with Gasteiger partial charge < -0.3 is 14.6 Å². The van der Waals surface area contributed by atoms with Crippen LogP contribution in [0.3, 0.4) is 0 Å². The molecule has 0 aliphatic carbocycles. The van der Waals surface area contributed by atoms with Crippen molar-refractivity contribution in [3.63, 3.8) is 0 Å². The highest BCUT2D eigenvalue weighted by Crippen LogP contribution is 2.24. The monoisotopic (exact) mass is 358 g/mol. The highest BCUT2D eigenvalue weighted by molar-refractivity contribution is 9.10. The van der Waals surface area contributed by atoms with E-state index in [1.54, 1.807) is 0 Å². The van der Waals surface area contributed by atoms with Gasteiger partial charge in [-0.3, -0.25) is 4.79 Å². The largest absolute Gasteiger partial charge is 0.451 e. The van der Waals surface area contributed by atoms with Crippen LogP contribution in [0.2, 0.25) is 0 Å². The first-order valence-corrected chi connectivity index (χ1v) is 7.15. The Morgan fingerprint density at radius 3 is 3.00 bits per heavy atom. The molecule has 0 spiro atoms. The molecule has 4 nitrogen and oxygen atoms in total. The van der Waals surface area contributed by atoms with Crippen molar-refractivity contribution < 1.29 is 9.21 Å². The quantitative estimate of drug-likeness (QED) is 0.851. The zero-order valence-electron chi connectivity index (χ0n) is 11.1. The summed E-state index contributed by atoms with van der Waals surface area (Å²) in [5.74, 6) is 0.392. The predicted molar refractivity (Wildman–Crippen MR) is 84.5 cm³/mol. The first kappa shape index (κ1) is 15.4. The minimum Gasteiger partial charge on any atom is -0.451 e. The number of nitrogens with one attached hydrogen (secondary N) is 1. The van der Waals surface area contributed by atoms with Crippen LogP contribution in [0.1, 0.15) is 17.5 Å². The number of benzene rings is 1. The fourth-order valence-corrected chi connectivity index (χ4v) is 2.78. The average molecular weight is 360 g/mol. The first-order valence-electron chi connectivity index (χ1n) is 6.36. The minimum absolute atomic E-state index is 0. The van der Waals surface area contributed by atoms with Crippen LogP contribution in [0.25, 0.3) is 11.0 Å². The van der Waals surface area contributed by atoms with Gasteiger partial charge in [-0.05, 0) is 31.2 Å². The van der Waals surface area contributed by atoms with Gasteiger partial charge in [0.2, 0.25) is 0 Å². The van der Waals surface area contributed by atoms with Crippen LogP contribution < -0.4 is 5.32 Å². The number of piperazine rings is 1. The summed E-state index contributed by atoms with van der Waals surface area (Å²) in [7, 11) is 0. The second-order valence-electron chi connectivity index (χ2n) is 4.84. The van der Waals surface area contributed by atoms with Crippen LogP contribution in [0.5, 0.6) is 0 Å². The lowest BCUT2D eigenvalue weighted by Gasteiger charge is -2.33. The SMILES string of the molecule is CC1CNCCN1C(=O)c1cc2cc(Br)ccc2o1.Cl. The van der Waals surface area contributed by atoms with Crippen molar-refractivity contribution in [3.8, 4) is 0 Å². The molecule has 1 atom stereocenters. The number of hydrogen-bond donors (Lipinski definition) is 1. The van der Waals surface area contributed by atoms with E-state index in [2.05, 4.69) is 21.2 Å². The van der Waals surface area contributed by atoms with Crippen molar-refractivity contribution in [3.05, 3.63) is 34.5 Å². The minimum atomic E-state index is -0.0266. The fraction of sp³-hybridized carbons (Fsp3) is 0.357. The van der Waals surface area contributed by atoms with E-state index in [1.165, 1.54) is 0 Å². The van der Waals surface area contributed by atoms with Gasteiger partial charge in [0.05, 0.1) is 0 Å². The van der Waals surface area contributed by atoms with Gasteiger partial charge in [-0.25, -0.2) is 0 Å². The van der Waals surface area contributed by atoms with Gasteiger partial charge >= 0.3 is 0 Å². The Kier molecular flexibility index (Phi) is 4.73. The van der Waals surface area contributed by atoms with Gasteiger partial charge in [0.15, 0.2) is 5.76 Å². The summed E-state index contributed by atoms with van der Waals surface area (Å²) >= 11 is 3.42. The summed E-state index contributed by atoms with van der Waals surface area (Å²) in [6.07, 6.45) is 0. The molecule has 20 heavy (non-hydrogen) atoms. The van der Waals surface area contributed by atoms with Gasteiger partial charge in [0.1, 0.15) is 5.58 Å². The summed E-state index contributed by atoms with van der Waals surface area (Å²) in [4.78, 5) is 14.3. The smallest absolute Gasteiger partial charge is 0.289 e. The number of nitrogens with zero attached hydrogens (tertiary/aromatic N) is 1. The molecular formula is C14H16BrClN2O2. The molecule has 1 aliphatic rings. The lowest BCUT2D eigenvalue weighted by Crippen LogP contribution is -2.52. The molecule has 1 amide bonds. The second-order valence-corrected chi connectivity index (χ2v) is 5.76. The van der Waals surface area contributed by atoms with E-state index < -0.39 is 0 Å². The molecule has 1 unspecified atom stereocenters. The predicted octanol–water partition coefficient (Wildman–Crippen LogP) is 3.05. The number of halogens is 2. The zero-order chi connectivity index (χ0) is 13.4. The third-order valence-electron chi connectivity index (χ3n) is 3.45. The standard InChI is InChI=1S/C14H15BrN2O2.ClH/c1-9-8-16-4-5-17(9)14(18)13-7-10-6-11(15)2-3-12(10)19-13;/h2-3,6-7,9,16H,4-5,8H2,1H3;1H. The molecule has 1 aliphatic heterocycles. The van der Waals surface area contributed by atoms with E-state index in [0.29, 0.717) is 5.76 Å². The zero-order valence-corrected chi connectivity index (χ0v) is 13.5. The normalized spacial score (nSPS) is 18.9. The molecule has 1 aromatic heterocycles. The Morgan fingerprint density at radius 1 is 1.45 bits per heavy atom. The highest BCUT2D eigenvalue weighted by atomic mass is 79.9. The summed E-state index contributed by atoms with van der Waals surface area (Å²) in [5, 5.41) is 4.22. The third kappa shape index (κ3) is 2.85. The number of fused-ring (bicyclic) bond motifs is 1. The summed E-state index contributed by atoms with van der Waals surface area (Å²) in [5.41, 5.74) is 0.745. The van der Waals surface area contributed by atoms with Crippen molar-refractivity contribution in [1.29, 1.82) is 0 Å². The average Bonchev–Trinajstić information content (AvgIpc) is 2.81. The lowest BCUT2D eigenvalue weighted by molar-refractivity contribution is 0.0625. The van der Waals surface area contributed by atoms with Crippen molar-refractivity contribution in [2.45, 2.75) is 13.0 Å². The van der Waals surface area contributed by atoms with Crippen LogP contribution in [0, 0.1) is 0 Å². The van der Waals surface area contributed by atoms with Gasteiger partial charge in [0, 0.05) is 35.5 Å². The summed E-state index contributed by atoms with van der Waals surface area (Å²) < 4.78 is 6.64. The van der Waals surface area contributed by atoms with E-state index in [1.807, 2.05) is 36.1 Å². The summed E-state index contributed by atoms with van der Waals surface area (Å²) in [6.45, 7) is 4.43. The molecule has 1 saturated heterocycles. The molecule has 2 aromatic rings. The van der Waals surface area contributed by atoms with Crippen LogP contribution in [-0.4, -0.2) is 36.5 Å². The second kappa shape index (κ2) is 6.16. The third-order valence-corrected chi connectivity index (χ3v) is 3.94. The Bertz CT molecular complexity index is 629. The maximum Gasteiger partial charge on any atom is 0.289 e.